The zero-order chi connectivity index (χ0) is 22.8. The van der Waals surface area contributed by atoms with Crippen LogP contribution in [0.1, 0.15) is 39.9 Å². The Balaban J connectivity index is 1.43. The highest BCUT2D eigenvalue weighted by molar-refractivity contribution is 6.16. The molecule has 0 radical (unpaired) electrons. The van der Waals surface area contributed by atoms with E-state index in [9.17, 15) is 4.79 Å². The molecule has 5 rings (SSSR count). The van der Waals surface area contributed by atoms with Gasteiger partial charge >= 0.3 is 0 Å². The lowest BCUT2D eigenvalue weighted by Crippen LogP contribution is -2.27. The SMILES string of the molecule is CN(C)C(=O)c1ccc(-c2cc(C3=NCc4ccnc(OC5CCOCC5)c43)ccn2)cc1. The third-order valence-electron chi connectivity index (χ3n) is 5.96. The van der Waals surface area contributed by atoms with Crippen molar-refractivity contribution < 1.29 is 14.3 Å². The van der Waals surface area contributed by atoms with E-state index in [2.05, 4.69) is 9.97 Å². The minimum Gasteiger partial charge on any atom is -0.474 e. The largest absolute Gasteiger partial charge is 0.474 e. The number of nitrogens with zero attached hydrogens (tertiary/aromatic N) is 4. The number of hydrogen-bond acceptors (Lipinski definition) is 6. The standard InChI is InChI=1S/C26H26N4O3/c1-30(2)26(31)18-5-3-17(4-6-18)22-15-19(7-11-27-22)24-23-20(16-29-24)8-12-28-25(23)33-21-9-13-32-14-10-21/h3-8,11-12,15,21H,9-10,13-14,16H2,1-2H3. The molecule has 1 aromatic carbocycles. The average molecular weight is 443 g/mol. The van der Waals surface area contributed by atoms with Gasteiger partial charge in [-0.1, -0.05) is 12.1 Å². The Morgan fingerprint density at radius 2 is 1.76 bits per heavy atom. The van der Waals surface area contributed by atoms with Crippen LogP contribution in [0.3, 0.4) is 0 Å². The van der Waals surface area contributed by atoms with E-state index in [1.807, 2.05) is 42.5 Å². The van der Waals surface area contributed by atoms with Crippen LogP contribution in [0.2, 0.25) is 0 Å². The molecule has 7 heteroatoms. The number of aliphatic imine (C=N–C) groups is 1. The van der Waals surface area contributed by atoms with Gasteiger partial charge in [-0.25, -0.2) is 4.98 Å². The third-order valence-corrected chi connectivity index (χ3v) is 5.96. The van der Waals surface area contributed by atoms with Crippen molar-refractivity contribution in [1.82, 2.24) is 14.9 Å². The predicted octanol–water partition coefficient (Wildman–Crippen LogP) is 3.75. The summed E-state index contributed by atoms with van der Waals surface area (Å²) >= 11 is 0. The lowest BCUT2D eigenvalue weighted by atomic mass is 10.00. The minimum atomic E-state index is -0.0234. The molecule has 1 fully saturated rings. The molecular weight excluding hydrogens is 416 g/mol. The van der Waals surface area contributed by atoms with E-state index in [1.165, 1.54) is 0 Å². The van der Waals surface area contributed by atoms with Gasteiger partial charge in [-0.05, 0) is 35.9 Å². The molecule has 1 saturated heterocycles. The van der Waals surface area contributed by atoms with Gasteiger partial charge in [0.2, 0.25) is 5.88 Å². The van der Waals surface area contributed by atoms with Crippen molar-refractivity contribution in [2.45, 2.75) is 25.5 Å². The first-order chi connectivity index (χ1) is 16.1. The van der Waals surface area contributed by atoms with Gasteiger partial charge in [-0.15, -0.1) is 0 Å². The van der Waals surface area contributed by atoms with Gasteiger partial charge in [0.05, 0.1) is 36.7 Å². The Morgan fingerprint density at radius 1 is 1.00 bits per heavy atom. The number of rotatable bonds is 5. The second kappa shape index (κ2) is 9.11. The maximum Gasteiger partial charge on any atom is 0.253 e. The van der Waals surface area contributed by atoms with Gasteiger partial charge in [0.25, 0.3) is 5.91 Å². The second-order valence-electron chi connectivity index (χ2n) is 8.45. The fourth-order valence-electron chi connectivity index (χ4n) is 4.16. The minimum absolute atomic E-state index is 0.0234. The number of carbonyl (C=O) groups is 1. The van der Waals surface area contributed by atoms with Gasteiger partial charge in [0.1, 0.15) is 6.10 Å². The third kappa shape index (κ3) is 4.36. The van der Waals surface area contributed by atoms with E-state index in [0.29, 0.717) is 31.2 Å². The van der Waals surface area contributed by atoms with E-state index in [4.69, 9.17) is 14.5 Å². The number of aromatic nitrogens is 2. The van der Waals surface area contributed by atoms with Gasteiger partial charge in [0, 0.05) is 56.0 Å². The van der Waals surface area contributed by atoms with Crippen LogP contribution in [-0.4, -0.2) is 59.9 Å². The fraction of sp³-hybridized carbons (Fsp3) is 0.308. The Bertz CT molecular complexity index is 1200. The van der Waals surface area contributed by atoms with Gasteiger partial charge in [-0.3, -0.25) is 14.8 Å². The summed E-state index contributed by atoms with van der Waals surface area (Å²) in [5, 5.41) is 0. The van der Waals surface area contributed by atoms with Crippen LogP contribution in [0.5, 0.6) is 5.88 Å². The maximum atomic E-state index is 12.2. The first-order valence-corrected chi connectivity index (χ1v) is 11.2. The van der Waals surface area contributed by atoms with Crippen molar-refractivity contribution in [2.24, 2.45) is 4.99 Å². The molecule has 0 atom stereocenters. The first kappa shape index (κ1) is 21.3. The monoisotopic (exact) mass is 442 g/mol. The van der Waals surface area contributed by atoms with E-state index >= 15 is 0 Å². The van der Waals surface area contributed by atoms with Crippen molar-refractivity contribution in [3.8, 4) is 17.1 Å². The molecule has 168 valence electrons. The van der Waals surface area contributed by atoms with E-state index in [1.54, 1.807) is 31.4 Å². The van der Waals surface area contributed by atoms with Crippen molar-refractivity contribution in [3.63, 3.8) is 0 Å². The Kier molecular flexibility index (Phi) is 5.88. The molecular formula is C26H26N4O3. The molecule has 33 heavy (non-hydrogen) atoms. The molecule has 0 unspecified atom stereocenters. The summed E-state index contributed by atoms with van der Waals surface area (Å²) < 4.78 is 11.8. The average Bonchev–Trinajstić information content (AvgIpc) is 3.30. The smallest absolute Gasteiger partial charge is 0.253 e. The molecule has 4 heterocycles. The number of carbonyl (C=O) groups excluding carboxylic acids is 1. The Labute approximate surface area is 193 Å². The van der Waals surface area contributed by atoms with Gasteiger partial charge in [0.15, 0.2) is 0 Å². The number of ether oxygens (including phenoxy) is 2. The normalized spacial score (nSPS) is 15.6. The summed E-state index contributed by atoms with van der Waals surface area (Å²) in [6.45, 7) is 2.04. The zero-order valence-electron chi connectivity index (χ0n) is 18.8. The molecule has 2 aromatic heterocycles. The molecule has 0 saturated carbocycles. The van der Waals surface area contributed by atoms with Crippen molar-refractivity contribution >= 4 is 11.6 Å². The highest BCUT2D eigenvalue weighted by atomic mass is 16.5. The topological polar surface area (TPSA) is 76.9 Å². The summed E-state index contributed by atoms with van der Waals surface area (Å²) in [6.07, 6.45) is 5.42. The Morgan fingerprint density at radius 3 is 2.52 bits per heavy atom. The van der Waals surface area contributed by atoms with E-state index in [-0.39, 0.29) is 12.0 Å². The molecule has 0 aliphatic carbocycles. The van der Waals surface area contributed by atoms with Crippen LogP contribution in [-0.2, 0) is 11.3 Å². The molecule has 3 aromatic rings. The van der Waals surface area contributed by atoms with Crippen LogP contribution < -0.4 is 4.74 Å². The number of hydrogen-bond donors (Lipinski definition) is 0. The highest BCUT2D eigenvalue weighted by Crippen LogP contribution is 2.32. The van der Waals surface area contributed by atoms with Crippen LogP contribution in [0.25, 0.3) is 11.3 Å². The zero-order valence-corrected chi connectivity index (χ0v) is 18.8. The molecule has 2 aliphatic heterocycles. The number of fused-ring (bicyclic) bond motifs is 1. The number of amides is 1. The molecule has 7 nitrogen and oxygen atoms in total. The molecule has 0 N–H and O–H groups in total. The van der Waals surface area contributed by atoms with Crippen molar-refractivity contribution in [1.29, 1.82) is 0 Å². The van der Waals surface area contributed by atoms with Gasteiger partial charge < -0.3 is 14.4 Å². The Hall–Kier alpha value is -3.58. The quantitative estimate of drug-likeness (QED) is 0.601. The summed E-state index contributed by atoms with van der Waals surface area (Å²) in [5.74, 6) is 0.616. The first-order valence-electron chi connectivity index (χ1n) is 11.2. The number of benzene rings is 1. The van der Waals surface area contributed by atoms with Crippen molar-refractivity contribution in [2.75, 3.05) is 27.3 Å². The van der Waals surface area contributed by atoms with Crippen LogP contribution >= 0.6 is 0 Å². The molecule has 0 spiro atoms. The van der Waals surface area contributed by atoms with Crippen LogP contribution in [0.15, 0.2) is 59.9 Å². The predicted molar refractivity (Wildman–Crippen MR) is 126 cm³/mol. The van der Waals surface area contributed by atoms with Gasteiger partial charge in [-0.2, -0.15) is 0 Å². The summed E-state index contributed by atoms with van der Waals surface area (Å²) in [4.78, 5) is 27.7. The molecule has 0 bridgehead atoms. The van der Waals surface area contributed by atoms with Crippen LogP contribution in [0, 0.1) is 0 Å². The fourth-order valence-corrected chi connectivity index (χ4v) is 4.16. The lowest BCUT2D eigenvalue weighted by Gasteiger charge is -2.24. The summed E-state index contributed by atoms with van der Waals surface area (Å²) in [7, 11) is 3.49. The second-order valence-corrected chi connectivity index (χ2v) is 8.45. The van der Waals surface area contributed by atoms with Crippen LogP contribution in [0.4, 0.5) is 0 Å². The summed E-state index contributed by atoms with van der Waals surface area (Å²) in [5.41, 5.74) is 6.34. The molecule has 1 amide bonds. The summed E-state index contributed by atoms with van der Waals surface area (Å²) in [6, 6.07) is 13.5. The number of pyridine rings is 2. The van der Waals surface area contributed by atoms with E-state index < -0.39 is 0 Å². The maximum absolute atomic E-state index is 12.2. The van der Waals surface area contributed by atoms with E-state index in [0.717, 1.165) is 46.5 Å². The highest BCUT2D eigenvalue weighted by Gasteiger charge is 2.26. The van der Waals surface area contributed by atoms with Crippen molar-refractivity contribution in [3.05, 3.63) is 77.1 Å². The molecule has 2 aliphatic rings. The lowest BCUT2D eigenvalue weighted by molar-refractivity contribution is 0.0236.